The smallest absolute Gasteiger partial charge is 0.147 e. The van der Waals surface area contributed by atoms with Crippen molar-refractivity contribution in [3.8, 4) is 0 Å². The zero-order chi connectivity index (χ0) is 13.3. The van der Waals surface area contributed by atoms with Crippen LogP contribution in [0.1, 0.15) is 35.7 Å². The fraction of sp³-hybridized carbons (Fsp3) is 0.429. The van der Waals surface area contributed by atoms with Crippen LogP contribution in [0.15, 0.2) is 24.3 Å². The third-order valence-electron chi connectivity index (χ3n) is 3.18. The molecule has 0 aliphatic rings. The molecule has 0 bridgehead atoms. The second kappa shape index (κ2) is 4.90. The Bertz CT molecular complexity index is 542. The van der Waals surface area contributed by atoms with Gasteiger partial charge in [-0.25, -0.2) is 9.67 Å². The number of nitrogens with zero attached hydrogens (tertiary/aromatic N) is 3. The Labute approximate surface area is 108 Å². The van der Waals surface area contributed by atoms with E-state index in [0.29, 0.717) is 0 Å². The minimum Gasteiger partial charge on any atom is -0.326 e. The predicted molar refractivity (Wildman–Crippen MR) is 72.5 cm³/mol. The molecule has 0 radical (unpaired) electrons. The van der Waals surface area contributed by atoms with Gasteiger partial charge < -0.3 is 5.73 Å². The number of nitrogens with two attached hydrogens (primary N) is 1. The fourth-order valence-corrected chi connectivity index (χ4v) is 2.36. The van der Waals surface area contributed by atoms with Crippen molar-refractivity contribution in [1.82, 2.24) is 14.8 Å². The standard InChI is InChI=1S/C14H20N4/c1-9-7-5-6-8-13(9)14(10(2)15)18-12(4)16-11(3)17-18/h5-8,10,14H,15H2,1-4H3. The van der Waals surface area contributed by atoms with Crippen LogP contribution in [0.3, 0.4) is 0 Å². The van der Waals surface area contributed by atoms with Gasteiger partial charge in [-0.15, -0.1) is 0 Å². The second-order valence-corrected chi connectivity index (χ2v) is 4.81. The number of rotatable bonds is 3. The van der Waals surface area contributed by atoms with Crippen molar-refractivity contribution >= 4 is 0 Å². The number of aryl methyl sites for hydroxylation is 3. The van der Waals surface area contributed by atoms with Gasteiger partial charge in [0.25, 0.3) is 0 Å². The summed E-state index contributed by atoms with van der Waals surface area (Å²) in [5.74, 6) is 1.68. The van der Waals surface area contributed by atoms with E-state index in [2.05, 4.69) is 29.1 Å². The lowest BCUT2D eigenvalue weighted by atomic mass is 9.97. The van der Waals surface area contributed by atoms with Crippen molar-refractivity contribution in [3.63, 3.8) is 0 Å². The maximum atomic E-state index is 6.16. The summed E-state index contributed by atoms with van der Waals surface area (Å²) in [6, 6.07) is 8.30. The van der Waals surface area contributed by atoms with E-state index < -0.39 is 0 Å². The molecule has 0 saturated carbocycles. The minimum absolute atomic E-state index is 0.0223. The molecule has 1 aromatic heterocycles. The highest BCUT2D eigenvalue weighted by Crippen LogP contribution is 2.24. The summed E-state index contributed by atoms with van der Waals surface area (Å²) in [6.45, 7) is 7.98. The van der Waals surface area contributed by atoms with Crippen LogP contribution in [0.5, 0.6) is 0 Å². The molecule has 4 nitrogen and oxygen atoms in total. The summed E-state index contributed by atoms with van der Waals surface area (Å²) < 4.78 is 1.93. The Hall–Kier alpha value is -1.68. The quantitative estimate of drug-likeness (QED) is 0.900. The highest BCUT2D eigenvalue weighted by Gasteiger charge is 2.22. The summed E-state index contributed by atoms with van der Waals surface area (Å²) in [5, 5.41) is 4.47. The Morgan fingerprint density at radius 3 is 2.33 bits per heavy atom. The molecule has 2 atom stereocenters. The molecule has 2 aromatic rings. The van der Waals surface area contributed by atoms with E-state index in [1.54, 1.807) is 0 Å². The first-order valence-electron chi connectivity index (χ1n) is 6.21. The summed E-state index contributed by atoms with van der Waals surface area (Å²) in [7, 11) is 0. The van der Waals surface area contributed by atoms with Gasteiger partial charge in [0.1, 0.15) is 11.6 Å². The molecular formula is C14H20N4. The Kier molecular flexibility index (Phi) is 3.48. The van der Waals surface area contributed by atoms with Crippen molar-refractivity contribution in [2.75, 3.05) is 0 Å². The first-order chi connectivity index (χ1) is 8.50. The van der Waals surface area contributed by atoms with E-state index in [1.807, 2.05) is 37.6 Å². The highest BCUT2D eigenvalue weighted by atomic mass is 15.4. The fourth-order valence-electron chi connectivity index (χ4n) is 2.36. The van der Waals surface area contributed by atoms with Crippen LogP contribution in [-0.4, -0.2) is 20.8 Å². The van der Waals surface area contributed by atoms with Crippen molar-refractivity contribution in [2.45, 2.75) is 39.8 Å². The van der Waals surface area contributed by atoms with Crippen LogP contribution >= 0.6 is 0 Å². The van der Waals surface area contributed by atoms with Crippen molar-refractivity contribution in [2.24, 2.45) is 5.73 Å². The zero-order valence-electron chi connectivity index (χ0n) is 11.4. The third kappa shape index (κ3) is 2.29. The van der Waals surface area contributed by atoms with Gasteiger partial charge in [-0.1, -0.05) is 24.3 Å². The molecular weight excluding hydrogens is 224 g/mol. The van der Waals surface area contributed by atoms with E-state index >= 15 is 0 Å². The van der Waals surface area contributed by atoms with E-state index in [4.69, 9.17) is 5.73 Å². The molecule has 18 heavy (non-hydrogen) atoms. The van der Waals surface area contributed by atoms with Gasteiger partial charge in [0.2, 0.25) is 0 Å². The van der Waals surface area contributed by atoms with Gasteiger partial charge in [-0.2, -0.15) is 5.10 Å². The first kappa shape index (κ1) is 12.8. The molecule has 0 aliphatic heterocycles. The lowest BCUT2D eigenvalue weighted by Crippen LogP contribution is -2.32. The van der Waals surface area contributed by atoms with Crippen LogP contribution in [-0.2, 0) is 0 Å². The Balaban J connectivity index is 2.54. The van der Waals surface area contributed by atoms with Gasteiger partial charge in [0, 0.05) is 6.04 Å². The van der Waals surface area contributed by atoms with Crippen molar-refractivity contribution in [1.29, 1.82) is 0 Å². The SMILES string of the molecule is Cc1nc(C)n(C(c2ccccc2C)C(C)N)n1. The van der Waals surface area contributed by atoms with Gasteiger partial charge in [0.05, 0.1) is 6.04 Å². The van der Waals surface area contributed by atoms with Crippen LogP contribution in [0, 0.1) is 20.8 Å². The van der Waals surface area contributed by atoms with Crippen LogP contribution < -0.4 is 5.73 Å². The third-order valence-corrected chi connectivity index (χ3v) is 3.18. The normalized spacial score (nSPS) is 14.5. The van der Waals surface area contributed by atoms with Gasteiger partial charge in [0.15, 0.2) is 0 Å². The molecule has 4 heteroatoms. The van der Waals surface area contributed by atoms with Crippen molar-refractivity contribution in [3.05, 3.63) is 47.0 Å². The summed E-state index contributed by atoms with van der Waals surface area (Å²) in [4.78, 5) is 4.37. The number of hydrogen-bond acceptors (Lipinski definition) is 3. The molecule has 2 N–H and O–H groups in total. The minimum atomic E-state index is -0.0223. The molecule has 1 heterocycles. The monoisotopic (exact) mass is 244 g/mol. The largest absolute Gasteiger partial charge is 0.326 e. The van der Waals surface area contributed by atoms with Gasteiger partial charge in [-0.3, -0.25) is 0 Å². The van der Waals surface area contributed by atoms with E-state index in [0.717, 1.165) is 11.6 Å². The molecule has 2 rings (SSSR count). The van der Waals surface area contributed by atoms with E-state index in [1.165, 1.54) is 11.1 Å². The number of hydrogen-bond donors (Lipinski definition) is 1. The Morgan fingerprint density at radius 1 is 1.17 bits per heavy atom. The molecule has 2 unspecified atom stereocenters. The van der Waals surface area contributed by atoms with Gasteiger partial charge >= 0.3 is 0 Å². The molecule has 0 saturated heterocycles. The lowest BCUT2D eigenvalue weighted by Gasteiger charge is -2.24. The lowest BCUT2D eigenvalue weighted by molar-refractivity contribution is 0.440. The van der Waals surface area contributed by atoms with E-state index in [9.17, 15) is 0 Å². The maximum absolute atomic E-state index is 6.16. The molecule has 1 aromatic carbocycles. The van der Waals surface area contributed by atoms with Crippen molar-refractivity contribution < 1.29 is 0 Å². The van der Waals surface area contributed by atoms with Crippen LogP contribution in [0.25, 0.3) is 0 Å². The molecule has 0 aliphatic carbocycles. The summed E-state index contributed by atoms with van der Waals surface area (Å²) >= 11 is 0. The first-order valence-corrected chi connectivity index (χ1v) is 6.21. The number of aromatic nitrogens is 3. The predicted octanol–water partition coefficient (Wildman–Crippen LogP) is 2.14. The second-order valence-electron chi connectivity index (χ2n) is 4.81. The van der Waals surface area contributed by atoms with Gasteiger partial charge in [-0.05, 0) is 38.8 Å². The molecule has 0 spiro atoms. The molecule has 0 fully saturated rings. The summed E-state index contributed by atoms with van der Waals surface area (Å²) in [6.07, 6.45) is 0. The molecule has 96 valence electrons. The summed E-state index contributed by atoms with van der Waals surface area (Å²) in [5.41, 5.74) is 8.60. The average Bonchev–Trinajstić information content (AvgIpc) is 2.61. The van der Waals surface area contributed by atoms with Crippen LogP contribution in [0.4, 0.5) is 0 Å². The topological polar surface area (TPSA) is 56.7 Å². The zero-order valence-corrected chi connectivity index (χ0v) is 11.4. The maximum Gasteiger partial charge on any atom is 0.147 e. The Morgan fingerprint density at radius 2 is 1.83 bits per heavy atom. The molecule has 0 amide bonds. The van der Waals surface area contributed by atoms with E-state index in [-0.39, 0.29) is 12.1 Å². The van der Waals surface area contributed by atoms with Crippen LogP contribution in [0.2, 0.25) is 0 Å². The highest BCUT2D eigenvalue weighted by molar-refractivity contribution is 5.30. The number of benzene rings is 1. The average molecular weight is 244 g/mol.